The van der Waals surface area contributed by atoms with Crippen molar-refractivity contribution < 1.29 is 19.1 Å². The third-order valence-corrected chi connectivity index (χ3v) is 8.02. The van der Waals surface area contributed by atoms with Crippen molar-refractivity contribution in [1.82, 2.24) is 30.3 Å². The van der Waals surface area contributed by atoms with Gasteiger partial charge < -0.3 is 14.8 Å². The van der Waals surface area contributed by atoms with E-state index in [0.717, 1.165) is 21.3 Å². The van der Waals surface area contributed by atoms with Crippen LogP contribution in [0.5, 0.6) is 11.5 Å². The molecule has 2 aromatic heterocycles. The minimum absolute atomic E-state index is 0.0930. The molecule has 14 heteroatoms. The molecule has 0 bridgehead atoms. The molecule has 2 amide bonds. The molecule has 4 aromatic rings. The Labute approximate surface area is 238 Å². The van der Waals surface area contributed by atoms with Crippen LogP contribution in [0, 0.1) is 6.92 Å². The maximum Gasteiger partial charge on any atom is 0.251 e. The molecule has 4 rings (SSSR count). The Morgan fingerprint density at radius 1 is 1.00 bits per heavy atom. The highest BCUT2D eigenvalue weighted by molar-refractivity contribution is 8.01. The number of hydrogen-bond donors (Lipinski definition) is 2. The van der Waals surface area contributed by atoms with E-state index in [-0.39, 0.29) is 24.1 Å². The van der Waals surface area contributed by atoms with Crippen LogP contribution < -0.4 is 20.1 Å². The highest BCUT2D eigenvalue weighted by Crippen LogP contribution is 2.27. The zero-order valence-corrected chi connectivity index (χ0v) is 24.2. The first-order valence-corrected chi connectivity index (χ1v) is 14.6. The Morgan fingerprint density at radius 3 is 2.46 bits per heavy atom. The fourth-order valence-corrected chi connectivity index (χ4v) is 5.90. The van der Waals surface area contributed by atoms with Crippen molar-refractivity contribution in [3.05, 3.63) is 59.4 Å². The molecule has 11 nitrogen and oxygen atoms in total. The summed E-state index contributed by atoms with van der Waals surface area (Å²) in [5.74, 6) is 1.94. The predicted octanol–water partition coefficient (Wildman–Crippen LogP) is 4.22. The van der Waals surface area contributed by atoms with E-state index in [1.165, 1.54) is 37.3 Å². The number of ether oxygens (including phenoxy) is 2. The molecule has 0 atom stereocenters. The first-order chi connectivity index (χ1) is 18.9. The van der Waals surface area contributed by atoms with Crippen LogP contribution in [0.15, 0.2) is 52.0 Å². The van der Waals surface area contributed by atoms with Crippen molar-refractivity contribution in [2.75, 3.05) is 31.0 Å². The fourth-order valence-electron chi connectivity index (χ4n) is 3.46. The number of anilines is 1. The van der Waals surface area contributed by atoms with Crippen LogP contribution in [0.3, 0.4) is 0 Å². The lowest BCUT2D eigenvalue weighted by molar-refractivity contribution is -0.113. The first-order valence-electron chi connectivity index (χ1n) is 11.8. The Hall–Kier alpha value is -3.62. The lowest BCUT2D eigenvalue weighted by atomic mass is 10.2. The minimum atomic E-state index is -0.322. The maximum absolute atomic E-state index is 12.9. The summed E-state index contributed by atoms with van der Waals surface area (Å²) in [6.07, 6.45) is 0. The van der Waals surface area contributed by atoms with Gasteiger partial charge >= 0.3 is 0 Å². The van der Waals surface area contributed by atoms with Crippen molar-refractivity contribution in [2.24, 2.45) is 0 Å². The Bertz CT molecular complexity index is 1430. The van der Waals surface area contributed by atoms with E-state index in [2.05, 4.69) is 31.0 Å². The number of aryl methyl sites for hydroxylation is 1. The third kappa shape index (κ3) is 7.49. The van der Waals surface area contributed by atoms with E-state index in [1.807, 2.05) is 42.7 Å². The van der Waals surface area contributed by atoms with E-state index in [0.29, 0.717) is 33.2 Å². The summed E-state index contributed by atoms with van der Waals surface area (Å²) in [5, 5.41) is 23.3. The van der Waals surface area contributed by atoms with Crippen LogP contribution in [-0.2, 0) is 11.3 Å². The van der Waals surface area contributed by atoms with E-state index in [9.17, 15) is 9.59 Å². The molecular formula is C25H27N7O4S3. The van der Waals surface area contributed by atoms with Crippen LogP contribution in [0.2, 0.25) is 0 Å². The summed E-state index contributed by atoms with van der Waals surface area (Å²) in [6, 6.07) is 12.8. The first kappa shape index (κ1) is 28.4. The van der Waals surface area contributed by atoms with Crippen molar-refractivity contribution in [3.63, 3.8) is 0 Å². The molecule has 0 saturated carbocycles. The molecule has 2 heterocycles. The van der Waals surface area contributed by atoms with Gasteiger partial charge in [0.15, 0.2) is 15.3 Å². The zero-order chi connectivity index (χ0) is 27.8. The number of nitrogens with zero attached hydrogens (tertiary/aromatic N) is 5. The van der Waals surface area contributed by atoms with Crippen molar-refractivity contribution in [1.29, 1.82) is 0 Å². The Balaban J connectivity index is 1.49. The number of nitrogens with one attached hydrogen (secondary N) is 2. The van der Waals surface area contributed by atoms with Crippen molar-refractivity contribution >= 4 is 51.8 Å². The Morgan fingerprint density at radius 2 is 1.77 bits per heavy atom. The summed E-state index contributed by atoms with van der Waals surface area (Å²) in [4.78, 5) is 25.5. The molecule has 0 spiro atoms. The molecule has 0 radical (unpaired) electrons. The van der Waals surface area contributed by atoms with Crippen molar-refractivity contribution in [2.45, 2.75) is 29.9 Å². The highest BCUT2D eigenvalue weighted by atomic mass is 32.2. The van der Waals surface area contributed by atoms with Crippen LogP contribution in [0.1, 0.15) is 28.7 Å². The summed E-state index contributed by atoms with van der Waals surface area (Å²) < 4.78 is 13.2. The summed E-state index contributed by atoms with van der Waals surface area (Å²) in [7, 11) is 3.05. The summed E-state index contributed by atoms with van der Waals surface area (Å²) >= 11 is 4.14. The molecule has 204 valence electrons. The van der Waals surface area contributed by atoms with E-state index < -0.39 is 0 Å². The van der Waals surface area contributed by atoms with Gasteiger partial charge in [-0.25, -0.2) is 0 Å². The molecular weight excluding hydrogens is 559 g/mol. The number of amides is 2. The number of carbonyl (C=O) groups excluding carboxylic acids is 2. The van der Waals surface area contributed by atoms with Gasteiger partial charge in [-0.15, -0.1) is 20.4 Å². The smallest absolute Gasteiger partial charge is 0.251 e. The van der Waals surface area contributed by atoms with Gasteiger partial charge in [0, 0.05) is 17.3 Å². The normalized spacial score (nSPS) is 10.8. The average Bonchev–Trinajstić information content (AvgIpc) is 3.56. The van der Waals surface area contributed by atoms with Gasteiger partial charge in [0.25, 0.3) is 5.91 Å². The summed E-state index contributed by atoms with van der Waals surface area (Å²) in [5.41, 5.74) is 2.25. The van der Waals surface area contributed by atoms with Crippen LogP contribution in [0.4, 0.5) is 5.13 Å². The predicted molar refractivity (Wildman–Crippen MR) is 152 cm³/mol. The van der Waals surface area contributed by atoms with Gasteiger partial charge in [0.2, 0.25) is 11.0 Å². The monoisotopic (exact) mass is 585 g/mol. The minimum Gasteiger partial charge on any atom is -0.497 e. The van der Waals surface area contributed by atoms with E-state index in [4.69, 9.17) is 9.47 Å². The van der Waals surface area contributed by atoms with Gasteiger partial charge in [0.05, 0.1) is 26.5 Å². The summed E-state index contributed by atoms with van der Waals surface area (Å²) in [6.45, 7) is 4.12. The van der Waals surface area contributed by atoms with Crippen LogP contribution in [0.25, 0.3) is 5.69 Å². The topological polar surface area (TPSA) is 133 Å². The van der Waals surface area contributed by atoms with Gasteiger partial charge in [-0.05, 0) is 42.5 Å². The number of carbonyl (C=O) groups is 2. The number of hydrogen-bond acceptors (Lipinski definition) is 11. The quantitative estimate of drug-likeness (QED) is 0.184. The third-order valence-electron chi connectivity index (χ3n) is 5.23. The largest absolute Gasteiger partial charge is 0.497 e. The second kappa shape index (κ2) is 13.4. The second-order valence-corrected chi connectivity index (χ2v) is 11.4. The number of benzene rings is 2. The Kier molecular flexibility index (Phi) is 9.79. The number of rotatable bonds is 12. The second-order valence-electron chi connectivity index (χ2n) is 8.00. The average molecular weight is 586 g/mol. The lowest BCUT2D eigenvalue weighted by Crippen LogP contribution is -2.24. The van der Waals surface area contributed by atoms with E-state index >= 15 is 0 Å². The maximum atomic E-state index is 12.9. The molecule has 0 aliphatic heterocycles. The molecule has 0 fully saturated rings. The van der Waals surface area contributed by atoms with Crippen LogP contribution in [-0.4, -0.2) is 62.5 Å². The molecule has 0 aliphatic rings. The molecule has 2 aromatic carbocycles. The SMILES string of the molecule is CCSc1nnc(NC(=O)CSc2nnc(CNC(=O)c3cc(OC)cc(OC)c3)n2-c2cccc(C)c2)s1. The zero-order valence-electron chi connectivity index (χ0n) is 21.8. The van der Waals surface area contributed by atoms with E-state index in [1.54, 1.807) is 30.0 Å². The molecule has 39 heavy (non-hydrogen) atoms. The standard InChI is InChI=1S/C25H27N7O4S3/c1-5-37-25-31-29-23(39-25)27-21(33)14-38-24-30-28-20(32(24)17-8-6-7-15(2)9-17)13-26-22(34)16-10-18(35-3)12-19(11-16)36-4/h6-12H,5,13-14H2,1-4H3,(H,26,34)(H,27,29,33). The molecule has 0 aliphatic carbocycles. The van der Waals surface area contributed by atoms with Gasteiger partial charge in [0.1, 0.15) is 11.5 Å². The molecule has 2 N–H and O–H groups in total. The van der Waals surface area contributed by atoms with Crippen LogP contribution >= 0.6 is 34.9 Å². The number of aromatic nitrogens is 5. The van der Waals surface area contributed by atoms with Gasteiger partial charge in [-0.1, -0.05) is 53.9 Å². The molecule has 0 unspecified atom stereocenters. The lowest BCUT2D eigenvalue weighted by Gasteiger charge is -2.12. The van der Waals surface area contributed by atoms with Gasteiger partial charge in [-0.3, -0.25) is 19.5 Å². The number of thioether (sulfide) groups is 2. The van der Waals surface area contributed by atoms with Crippen molar-refractivity contribution in [3.8, 4) is 17.2 Å². The molecule has 0 saturated heterocycles. The number of methoxy groups -OCH3 is 2. The van der Waals surface area contributed by atoms with Gasteiger partial charge in [-0.2, -0.15) is 0 Å². The fraction of sp³-hybridized carbons (Fsp3) is 0.280. The highest BCUT2D eigenvalue weighted by Gasteiger charge is 2.18.